The van der Waals surface area contributed by atoms with E-state index in [1.54, 1.807) is 6.07 Å². The molecule has 1 aromatic carbocycles. The molecule has 1 aromatic rings. The summed E-state index contributed by atoms with van der Waals surface area (Å²) >= 11 is 5.70. The Labute approximate surface area is 82.7 Å². The Bertz CT molecular complexity index is 279. The maximum absolute atomic E-state index is 12.9. The van der Waals surface area contributed by atoms with Gasteiger partial charge in [-0.2, -0.15) is 0 Å². The summed E-state index contributed by atoms with van der Waals surface area (Å²) in [6.07, 6.45) is 0. The molecule has 0 radical (unpaired) electrons. The van der Waals surface area contributed by atoms with Gasteiger partial charge in [-0.15, -0.1) is 0 Å². The fraction of sp³-hybridized carbons (Fsp3) is 0.400. The molecule has 0 aromatic heterocycles. The van der Waals surface area contributed by atoms with Gasteiger partial charge in [-0.25, -0.2) is 4.39 Å². The Morgan fingerprint density at radius 2 is 1.92 bits per heavy atom. The number of hydrogen-bond acceptors (Lipinski definition) is 1. The lowest BCUT2D eigenvalue weighted by Gasteiger charge is -2.16. The maximum atomic E-state index is 12.9. The third kappa shape index (κ3) is 2.68. The predicted octanol–water partition coefficient (Wildman–Crippen LogP) is 3.13. The lowest BCUT2D eigenvalue weighted by Crippen LogP contribution is -2.16. The maximum Gasteiger partial charge on any atom is 0.125 e. The number of hydrogen-bond donors (Lipinski definition) is 1. The Balaban J connectivity index is 3.01. The van der Waals surface area contributed by atoms with Gasteiger partial charge in [-0.05, 0) is 29.7 Å². The van der Waals surface area contributed by atoms with Crippen molar-refractivity contribution in [3.63, 3.8) is 0 Å². The van der Waals surface area contributed by atoms with Gasteiger partial charge >= 0.3 is 0 Å². The van der Waals surface area contributed by atoms with Crippen LogP contribution in [0.25, 0.3) is 0 Å². The summed E-state index contributed by atoms with van der Waals surface area (Å²) in [4.78, 5) is 0. The molecule has 0 saturated carbocycles. The van der Waals surface area contributed by atoms with Crippen molar-refractivity contribution >= 4 is 11.6 Å². The molecule has 72 valence electrons. The molecule has 3 heteroatoms. The quantitative estimate of drug-likeness (QED) is 0.782. The highest BCUT2D eigenvalue weighted by molar-refractivity contribution is 6.30. The van der Waals surface area contributed by atoms with Crippen molar-refractivity contribution in [1.29, 1.82) is 0 Å². The molecular formula is C10H13ClFN. The predicted molar refractivity (Wildman–Crippen MR) is 53.2 cm³/mol. The van der Waals surface area contributed by atoms with E-state index in [2.05, 4.69) is 0 Å². The van der Waals surface area contributed by atoms with Crippen LogP contribution in [0.5, 0.6) is 0 Å². The molecule has 0 aliphatic rings. The number of rotatable bonds is 2. The van der Waals surface area contributed by atoms with E-state index in [1.807, 2.05) is 13.8 Å². The Morgan fingerprint density at radius 1 is 1.31 bits per heavy atom. The first-order valence-corrected chi connectivity index (χ1v) is 4.60. The zero-order valence-electron chi connectivity index (χ0n) is 7.72. The Morgan fingerprint density at radius 3 is 2.38 bits per heavy atom. The average Bonchev–Trinajstić information content (AvgIpc) is 2.01. The third-order valence-corrected chi connectivity index (χ3v) is 2.21. The van der Waals surface area contributed by atoms with Crippen molar-refractivity contribution in [2.45, 2.75) is 19.9 Å². The topological polar surface area (TPSA) is 26.0 Å². The van der Waals surface area contributed by atoms with Crippen LogP contribution in [0, 0.1) is 11.7 Å². The molecule has 0 saturated heterocycles. The van der Waals surface area contributed by atoms with E-state index in [0.29, 0.717) is 5.02 Å². The average molecular weight is 202 g/mol. The molecule has 1 atom stereocenters. The standard InChI is InChI=1S/C10H13ClFN/c1-6(2)10(13)7-3-8(11)5-9(12)4-7/h3-6,10H,13H2,1-2H3/t10-/m1/s1. The second-order valence-corrected chi connectivity index (χ2v) is 3.91. The SMILES string of the molecule is CC(C)[C@@H](N)c1cc(F)cc(Cl)c1. The molecule has 0 amide bonds. The first-order chi connectivity index (χ1) is 6.00. The number of benzene rings is 1. The number of nitrogens with two attached hydrogens (primary N) is 1. The molecular weight excluding hydrogens is 189 g/mol. The van der Waals surface area contributed by atoms with Gasteiger partial charge in [-0.1, -0.05) is 25.4 Å². The molecule has 1 nitrogen and oxygen atoms in total. The van der Waals surface area contributed by atoms with Gasteiger partial charge in [-0.3, -0.25) is 0 Å². The van der Waals surface area contributed by atoms with Crippen LogP contribution in [0.3, 0.4) is 0 Å². The van der Waals surface area contributed by atoms with Crippen LogP contribution in [0.1, 0.15) is 25.5 Å². The van der Waals surface area contributed by atoms with Crippen LogP contribution in [-0.2, 0) is 0 Å². The minimum atomic E-state index is -0.335. The molecule has 0 fully saturated rings. The highest BCUT2D eigenvalue weighted by Crippen LogP contribution is 2.23. The lowest BCUT2D eigenvalue weighted by atomic mass is 9.97. The van der Waals surface area contributed by atoms with Crippen LogP contribution in [-0.4, -0.2) is 0 Å². The summed E-state index contributed by atoms with van der Waals surface area (Å²) in [5.74, 6) is -0.0588. The van der Waals surface area contributed by atoms with Crippen LogP contribution in [0.2, 0.25) is 5.02 Å². The largest absolute Gasteiger partial charge is 0.324 e. The molecule has 0 bridgehead atoms. The first-order valence-electron chi connectivity index (χ1n) is 4.22. The Hall–Kier alpha value is -0.600. The molecule has 1 rings (SSSR count). The lowest BCUT2D eigenvalue weighted by molar-refractivity contribution is 0.510. The third-order valence-electron chi connectivity index (χ3n) is 1.99. The molecule has 0 unspecified atom stereocenters. The van der Waals surface area contributed by atoms with Gasteiger partial charge in [0.25, 0.3) is 0 Å². The normalized spacial score (nSPS) is 13.4. The van der Waals surface area contributed by atoms with Crippen molar-refractivity contribution in [1.82, 2.24) is 0 Å². The van der Waals surface area contributed by atoms with Crippen LogP contribution >= 0.6 is 11.6 Å². The molecule has 0 spiro atoms. The van der Waals surface area contributed by atoms with Gasteiger partial charge in [0, 0.05) is 11.1 Å². The molecule has 0 heterocycles. The monoisotopic (exact) mass is 201 g/mol. The van der Waals surface area contributed by atoms with E-state index < -0.39 is 0 Å². The van der Waals surface area contributed by atoms with Gasteiger partial charge in [0.15, 0.2) is 0 Å². The van der Waals surface area contributed by atoms with Gasteiger partial charge in [0.2, 0.25) is 0 Å². The van der Waals surface area contributed by atoms with E-state index in [-0.39, 0.29) is 17.8 Å². The van der Waals surface area contributed by atoms with Crippen molar-refractivity contribution in [2.24, 2.45) is 11.7 Å². The van der Waals surface area contributed by atoms with Gasteiger partial charge in [0.05, 0.1) is 0 Å². The summed E-state index contributed by atoms with van der Waals surface area (Å²) in [7, 11) is 0. The van der Waals surface area contributed by atoms with E-state index in [4.69, 9.17) is 17.3 Å². The fourth-order valence-corrected chi connectivity index (χ4v) is 1.38. The van der Waals surface area contributed by atoms with E-state index in [0.717, 1.165) is 5.56 Å². The molecule has 2 N–H and O–H groups in total. The van der Waals surface area contributed by atoms with Crippen LogP contribution < -0.4 is 5.73 Å². The van der Waals surface area contributed by atoms with Crippen molar-refractivity contribution in [3.05, 3.63) is 34.6 Å². The fourth-order valence-electron chi connectivity index (χ4n) is 1.15. The molecule has 0 aliphatic carbocycles. The van der Waals surface area contributed by atoms with E-state index in [1.165, 1.54) is 12.1 Å². The van der Waals surface area contributed by atoms with Gasteiger partial charge in [0.1, 0.15) is 5.82 Å². The zero-order chi connectivity index (χ0) is 10.0. The minimum absolute atomic E-state index is 0.159. The summed E-state index contributed by atoms with van der Waals surface area (Å²) in [6, 6.07) is 4.25. The van der Waals surface area contributed by atoms with E-state index in [9.17, 15) is 4.39 Å². The molecule has 0 aliphatic heterocycles. The summed E-state index contributed by atoms with van der Waals surface area (Å²) in [5.41, 5.74) is 6.60. The highest BCUT2D eigenvalue weighted by Gasteiger charge is 2.11. The summed E-state index contributed by atoms with van der Waals surface area (Å²) < 4.78 is 12.9. The van der Waals surface area contributed by atoms with E-state index >= 15 is 0 Å². The summed E-state index contributed by atoms with van der Waals surface area (Å²) in [5, 5.41) is 0.395. The van der Waals surface area contributed by atoms with Crippen molar-refractivity contribution in [3.8, 4) is 0 Å². The summed E-state index contributed by atoms with van der Waals surface area (Å²) in [6.45, 7) is 3.98. The highest BCUT2D eigenvalue weighted by atomic mass is 35.5. The first kappa shape index (κ1) is 10.5. The van der Waals surface area contributed by atoms with Crippen molar-refractivity contribution in [2.75, 3.05) is 0 Å². The van der Waals surface area contributed by atoms with Gasteiger partial charge < -0.3 is 5.73 Å². The number of halogens is 2. The molecule has 13 heavy (non-hydrogen) atoms. The van der Waals surface area contributed by atoms with Crippen LogP contribution in [0.4, 0.5) is 4.39 Å². The Kier molecular flexibility index (Phi) is 3.28. The minimum Gasteiger partial charge on any atom is -0.324 e. The second-order valence-electron chi connectivity index (χ2n) is 3.47. The smallest absolute Gasteiger partial charge is 0.125 e. The van der Waals surface area contributed by atoms with Crippen LogP contribution in [0.15, 0.2) is 18.2 Å². The zero-order valence-corrected chi connectivity index (χ0v) is 8.48. The van der Waals surface area contributed by atoms with Crippen molar-refractivity contribution < 1.29 is 4.39 Å². The second kappa shape index (κ2) is 4.07.